The number of aliphatic hydroxyl groups excluding tert-OH is 1. The van der Waals surface area contributed by atoms with Gasteiger partial charge in [-0.25, -0.2) is 4.98 Å². The van der Waals surface area contributed by atoms with Gasteiger partial charge in [-0.15, -0.1) is 0 Å². The van der Waals surface area contributed by atoms with Crippen LogP contribution >= 0.6 is 0 Å². The van der Waals surface area contributed by atoms with Crippen LogP contribution in [0.3, 0.4) is 0 Å². The molecule has 0 aromatic carbocycles. The van der Waals surface area contributed by atoms with E-state index in [1.54, 1.807) is 4.90 Å². The van der Waals surface area contributed by atoms with E-state index in [9.17, 15) is 4.79 Å². The van der Waals surface area contributed by atoms with Crippen molar-refractivity contribution >= 4 is 5.91 Å². The minimum atomic E-state index is -0.397. The van der Waals surface area contributed by atoms with Crippen LogP contribution in [0, 0.1) is 0 Å². The molecule has 100 valence electrons. The van der Waals surface area contributed by atoms with Gasteiger partial charge in [0.05, 0.1) is 0 Å². The first-order chi connectivity index (χ1) is 8.63. The lowest BCUT2D eigenvalue weighted by atomic mass is 9.97. The van der Waals surface area contributed by atoms with Crippen LogP contribution in [-0.4, -0.2) is 45.2 Å². The zero-order valence-electron chi connectivity index (χ0n) is 11.0. The second-order valence-electron chi connectivity index (χ2n) is 5.12. The van der Waals surface area contributed by atoms with Crippen molar-refractivity contribution in [2.45, 2.75) is 38.6 Å². The largest absolute Gasteiger partial charge is 0.387 e. The molecule has 0 saturated carbocycles. The minimum Gasteiger partial charge on any atom is -0.387 e. The topological polar surface area (TPSA) is 58.4 Å². The molecule has 5 heteroatoms. The molecule has 2 rings (SSSR count). The zero-order valence-corrected chi connectivity index (χ0v) is 11.0. The highest BCUT2D eigenvalue weighted by Gasteiger charge is 2.27. The highest BCUT2D eigenvalue weighted by molar-refractivity contribution is 5.77. The first-order valence-electron chi connectivity index (χ1n) is 6.54. The molecule has 1 atom stereocenters. The maximum absolute atomic E-state index is 11.5. The summed E-state index contributed by atoms with van der Waals surface area (Å²) in [6, 6.07) is 0.381. The Morgan fingerprint density at radius 3 is 3.06 bits per heavy atom. The van der Waals surface area contributed by atoms with Crippen LogP contribution in [0.4, 0.5) is 0 Å². The fraction of sp³-hybridized carbons (Fsp3) is 0.692. The Hall–Kier alpha value is -1.36. The average molecular weight is 251 g/mol. The van der Waals surface area contributed by atoms with E-state index >= 15 is 0 Å². The van der Waals surface area contributed by atoms with Crippen LogP contribution in [-0.2, 0) is 4.79 Å². The molecule has 0 spiro atoms. The monoisotopic (exact) mass is 251 g/mol. The third-order valence-electron chi connectivity index (χ3n) is 3.53. The summed E-state index contributed by atoms with van der Waals surface area (Å²) in [5.74, 6) is 1.16. The summed E-state index contributed by atoms with van der Waals surface area (Å²) in [6.07, 6.45) is 5.84. The maximum Gasteiger partial charge on any atom is 0.248 e. The second-order valence-corrected chi connectivity index (χ2v) is 5.12. The van der Waals surface area contributed by atoms with E-state index in [0.717, 1.165) is 25.2 Å². The van der Waals surface area contributed by atoms with Crippen molar-refractivity contribution in [1.29, 1.82) is 0 Å². The summed E-state index contributed by atoms with van der Waals surface area (Å²) in [5, 5.41) is 8.93. The number of nitrogens with zero attached hydrogens (tertiary/aromatic N) is 3. The molecule has 1 aliphatic rings. The molecule has 1 fully saturated rings. The standard InChI is InChI=1S/C13H21N3O2/c1-10(2)16-7-5-14-13(16)11-4-3-6-15(8-11)12(18)9-17/h5,7,10-11,17H,3-4,6,8-9H2,1-2H3/t11-/m0/s1. The quantitative estimate of drug-likeness (QED) is 0.877. The number of hydrogen-bond acceptors (Lipinski definition) is 3. The van der Waals surface area contributed by atoms with Crippen molar-refractivity contribution in [1.82, 2.24) is 14.5 Å². The number of aromatic nitrogens is 2. The first-order valence-corrected chi connectivity index (χ1v) is 6.54. The second kappa shape index (κ2) is 5.52. The summed E-state index contributed by atoms with van der Waals surface area (Å²) in [6.45, 7) is 5.28. The van der Waals surface area contributed by atoms with Crippen LogP contribution in [0.1, 0.15) is 44.5 Å². The zero-order chi connectivity index (χ0) is 13.1. The van der Waals surface area contributed by atoms with Gasteiger partial charge in [-0.3, -0.25) is 4.79 Å². The lowest BCUT2D eigenvalue weighted by Gasteiger charge is -2.32. The third kappa shape index (κ3) is 2.56. The van der Waals surface area contributed by atoms with E-state index in [1.165, 1.54) is 0 Å². The van der Waals surface area contributed by atoms with Gasteiger partial charge in [0.1, 0.15) is 12.4 Å². The van der Waals surface area contributed by atoms with Crippen molar-refractivity contribution < 1.29 is 9.90 Å². The highest BCUT2D eigenvalue weighted by Crippen LogP contribution is 2.27. The van der Waals surface area contributed by atoms with Crippen LogP contribution in [0.5, 0.6) is 0 Å². The van der Waals surface area contributed by atoms with Gasteiger partial charge in [-0.05, 0) is 26.7 Å². The summed E-state index contributed by atoms with van der Waals surface area (Å²) < 4.78 is 2.16. The Kier molecular flexibility index (Phi) is 4.01. The van der Waals surface area contributed by atoms with Gasteiger partial charge in [0, 0.05) is 37.4 Å². The number of carbonyl (C=O) groups excluding carboxylic acids is 1. The Morgan fingerprint density at radius 1 is 1.61 bits per heavy atom. The van der Waals surface area contributed by atoms with Gasteiger partial charge in [-0.2, -0.15) is 0 Å². The summed E-state index contributed by atoms with van der Waals surface area (Å²) in [7, 11) is 0. The SMILES string of the molecule is CC(C)n1ccnc1[C@H]1CCCN(C(=O)CO)C1. The van der Waals surface area contributed by atoms with E-state index < -0.39 is 6.61 Å². The molecule has 1 saturated heterocycles. The molecule has 0 aliphatic carbocycles. The van der Waals surface area contributed by atoms with Crippen LogP contribution in [0.15, 0.2) is 12.4 Å². The molecule has 1 aliphatic heterocycles. The molecule has 1 N–H and O–H groups in total. The molecule has 1 aromatic rings. The van der Waals surface area contributed by atoms with Crippen molar-refractivity contribution in [3.05, 3.63) is 18.2 Å². The summed E-state index contributed by atoms with van der Waals surface area (Å²) in [5.41, 5.74) is 0. The number of likely N-dealkylation sites (tertiary alicyclic amines) is 1. The van der Waals surface area contributed by atoms with Gasteiger partial charge >= 0.3 is 0 Å². The Balaban J connectivity index is 2.13. The molecule has 0 bridgehead atoms. The lowest BCUT2D eigenvalue weighted by Crippen LogP contribution is -2.41. The lowest BCUT2D eigenvalue weighted by molar-refractivity contribution is -0.135. The van der Waals surface area contributed by atoms with Crippen LogP contribution in [0.2, 0.25) is 0 Å². The predicted molar refractivity (Wildman–Crippen MR) is 68.3 cm³/mol. The number of rotatable bonds is 3. The number of imidazole rings is 1. The van der Waals surface area contributed by atoms with Gasteiger partial charge in [-0.1, -0.05) is 0 Å². The first kappa shape index (κ1) is 13.1. The third-order valence-corrected chi connectivity index (χ3v) is 3.53. The molecule has 2 heterocycles. The van der Waals surface area contributed by atoms with Gasteiger partial charge < -0.3 is 14.6 Å². The van der Waals surface area contributed by atoms with Gasteiger partial charge in [0.25, 0.3) is 0 Å². The molecular formula is C13H21N3O2. The average Bonchev–Trinajstić information content (AvgIpc) is 2.87. The van der Waals surface area contributed by atoms with Crippen LogP contribution < -0.4 is 0 Å². The summed E-state index contributed by atoms with van der Waals surface area (Å²) in [4.78, 5) is 17.7. The minimum absolute atomic E-state index is 0.178. The van der Waals surface area contributed by atoms with Crippen molar-refractivity contribution in [3.63, 3.8) is 0 Å². The van der Waals surface area contributed by atoms with Gasteiger partial charge in [0.15, 0.2) is 0 Å². The number of piperidine rings is 1. The number of aliphatic hydroxyl groups is 1. The molecule has 1 aromatic heterocycles. The van der Waals surface area contributed by atoms with Crippen molar-refractivity contribution in [3.8, 4) is 0 Å². The van der Waals surface area contributed by atoms with Crippen molar-refractivity contribution in [2.24, 2.45) is 0 Å². The molecule has 1 amide bonds. The predicted octanol–water partition coefficient (Wildman–Crippen LogP) is 1.16. The van der Waals surface area contributed by atoms with Crippen molar-refractivity contribution in [2.75, 3.05) is 19.7 Å². The normalized spacial score (nSPS) is 20.4. The molecule has 18 heavy (non-hydrogen) atoms. The Morgan fingerprint density at radius 2 is 2.39 bits per heavy atom. The van der Waals surface area contributed by atoms with Crippen LogP contribution in [0.25, 0.3) is 0 Å². The van der Waals surface area contributed by atoms with Gasteiger partial charge in [0.2, 0.25) is 5.91 Å². The Bertz CT molecular complexity index is 414. The molecular weight excluding hydrogens is 230 g/mol. The number of hydrogen-bond donors (Lipinski definition) is 1. The van der Waals surface area contributed by atoms with E-state index in [4.69, 9.17) is 5.11 Å². The smallest absolute Gasteiger partial charge is 0.248 e. The van der Waals surface area contributed by atoms with E-state index in [-0.39, 0.29) is 11.8 Å². The fourth-order valence-electron chi connectivity index (χ4n) is 2.59. The van der Waals surface area contributed by atoms with E-state index in [2.05, 4.69) is 23.4 Å². The van der Waals surface area contributed by atoms with E-state index in [0.29, 0.717) is 12.6 Å². The molecule has 0 unspecified atom stereocenters. The number of amides is 1. The number of carbonyl (C=O) groups is 1. The summed E-state index contributed by atoms with van der Waals surface area (Å²) >= 11 is 0. The fourth-order valence-corrected chi connectivity index (χ4v) is 2.59. The molecule has 5 nitrogen and oxygen atoms in total. The van der Waals surface area contributed by atoms with E-state index in [1.807, 2.05) is 12.4 Å². The molecule has 0 radical (unpaired) electrons. The Labute approximate surface area is 107 Å². The maximum atomic E-state index is 11.5. The highest BCUT2D eigenvalue weighted by atomic mass is 16.3.